The maximum Gasteiger partial charge on any atom is 0.317 e. The number of nitrogens with one attached hydrogen (secondary N) is 1. The number of amides is 2. The first-order valence-electron chi connectivity index (χ1n) is 9.20. The summed E-state index contributed by atoms with van der Waals surface area (Å²) in [6.07, 6.45) is 2.64. The molecule has 3 aromatic rings. The predicted molar refractivity (Wildman–Crippen MR) is 106 cm³/mol. The minimum Gasteiger partial charge on any atom is -0.338 e. The van der Waals surface area contributed by atoms with Gasteiger partial charge in [-0.3, -0.25) is 4.68 Å². The number of thiophene rings is 1. The Labute approximate surface area is 157 Å². The molecule has 1 aliphatic rings. The van der Waals surface area contributed by atoms with Gasteiger partial charge in [0.05, 0.1) is 17.3 Å². The van der Waals surface area contributed by atoms with Gasteiger partial charge in [-0.15, -0.1) is 11.3 Å². The number of hydrogen-bond acceptors (Lipinski definition) is 3. The van der Waals surface area contributed by atoms with Gasteiger partial charge in [0.25, 0.3) is 0 Å². The Kier molecular flexibility index (Phi) is 4.68. The second kappa shape index (κ2) is 7.11. The highest BCUT2D eigenvalue weighted by atomic mass is 32.1. The fourth-order valence-electron chi connectivity index (χ4n) is 3.94. The SMILES string of the molecule is CCC1c2ccsc2CCN1C(=O)NCCc1nn(C)c2ccccc12. The van der Waals surface area contributed by atoms with Crippen molar-refractivity contribution in [3.8, 4) is 0 Å². The second-order valence-corrected chi connectivity index (χ2v) is 7.74. The lowest BCUT2D eigenvalue weighted by molar-refractivity contribution is 0.168. The summed E-state index contributed by atoms with van der Waals surface area (Å²) in [5.41, 5.74) is 3.49. The van der Waals surface area contributed by atoms with Gasteiger partial charge < -0.3 is 10.2 Å². The van der Waals surface area contributed by atoms with Crippen LogP contribution in [-0.4, -0.2) is 33.8 Å². The zero-order valence-electron chi connectivity index (χ0n) is 15.2. The molecule has 1 N–H and O–H groups in total. The van der Waals surface area contributed by atoms with E-state index in [0.717, 1.165) is 42.4 Å². The van der Waals surface area contributed by atoms with Crippen molar-refractivity contribution in [2.24, 2.45) is 7.05 Å². The highest BCUT2D eigenvalue weighted by Crippen LogP contribution is 2.35. The van der Waals surface area contributed by atoms with E-state index in [1.54, 1.807) is 0 Å². The Bertz CT molecular complexity index is 929. The van der Waals surface area contributed by atoms with E-state index in [1.165, 1.54) is 10.4 Å². The highest BCUT2D eigenvalue weighted by molar-refractivity contribution is 7.10. The van der Waals surface area contributed by atoms with Crippen molar-refractivity contribution in [2.75, 3.05) is 13.1 Å². The molecule has 0 radical (unpaired) electrons. The second-order valence-electron chi connectivity index (χ2n) is 6.74. The van der Waals surface area contributed by atoms with Gasteiger partial charge in [-0.25, -0.2) is 4.79 Å². The van der Waals surface area contributed by atoms with Crippen LogP contribution >= 0.6 is 11.3 Å². The molecular formula is C20H24N4OS. The molecule has 1 atom stereocenters. The van der Waals surface area contributed by atoms with Crippen molar-refractivity contribution in [1.82, 2.24) is 20.0 Å². The molecule has 0 fully saturated rings. The predicted octanol–water partition coefficient (Wildman–Crippen LogP) is 3.90. The van der Waals surface area contributed by atoms with Crippen LogP contribution in [0.15, 0.2) is 35.7 Å². The van der Waals surface area contributed by atoms with Gasteiger partial charge in [0, 0.05) is 36.8 Å². The number of benzene rings is 1. The van der Waals surface area contributed by atoms with Crippen LogP contribution in [0.2, 0.25) is 0 Å². The van der Waals surface area contributed by atoms with E-state index in [9.17, 15) is 4.79 Å². The molecule has 6 heteroatoms. The summed E-state index contributed by atoms with van der Waals surface area (Å²) in [4.78, 5) is 16.2. The fraction of sp³-hybridized carbons (Fsp3) is 0.400. The zero-order chi connectivity index (χ0) is 18.1. The highest BCUT2D eigenvalue weighted by Gasteiger charge is 2.30. The number of aromatic nitrogens is 2. The van der Waals surface area contributed by atoms with E-state index in [0.29, 0.717) is 6.54 Å². The summed E-state index contributed by atoms with van der Waals surface area (Å²) in [6, 6.07) is 10.6. The molecule has 5 nitrogen and oxygen atoms in total. The van der Waals surface area contributed by atoms with E-state index >= 15 is 0 Å². The Hall–Kier alpha value is -2.34. The smallest absolute Gasteiger partial charge is 0.317 e. The van der Waals surface area contributed by atoms with Gasteiger partial charge in [0.2, 0.25) is 0 Å². The van der Waals surface area contributed by atoms with E-state index in [1.807, 2.05) is 40.1 Å². The first-order valence-corrected chi connectivity index (χ1v) is 10.1. The zero-order valence-corrected chi connectivity index (χ0v) is 16.1. The quantitative estimate of drug-likeness (QED) is 0.759. The topological polar surface area (TPSA) is 50.2 Å². The van der Waals surface area contributed by atoms with Crippen LogP contribution in [0.1, 0.15) is 35.5 Å². The third kappa shape index (κ3) is 2.98. The molecule has 26 heavy (non-hydrogen) atoms. The molecule has 4 rings (SSSR count). The summed E-state index contributed by atoms with van der Waals surface area (Å²) in [6.45, 7) is 3.55. The van der Waals surface area contributed by atoms with Gasteiger partial charge in [0.15, 0.2) is 0 Å². The maximum atomic E-state index is 12.8. The molecule has 1 aromatic carbocycles. The van der Waals surface area contributed by atoms with Gasteiger partial charge in [-0.1, -0.05) is 25.1 Å². The first-order chi connectivity index (χ1) is 12.7. The number of urea groups is 1. The van der Waals surface area contributed by atoms with Crippen LogP contribution in [-0.2, 0) is 19.9 Å². The monoisotopic (exact) mass is 368 g/mol. The molecule has 3 heterocycles. The van der Waals surface area contributed by atoms with Crippen LogP contribution in [0, 0.1) is 0 Å². The van der Waals surface area contributed by atoms with Crippen LogP contribution < -0.4 is 5.32 Å². The van der Waals surface area contributed by atoms with Crippen LogP contribution in [0.4, 0.5) is 4.79 Å². The van der Waals surface area contributed by atoms with E-state index in [4.69, 9.17) is 0 Å². The third-order valence-corrected chi connectivity index (χ3v) is 6.21. The van der Waals surface area contributed by atoms with Crippen LogP contribution in [0.5, 0.6) is 0 Å². The average Bonchev–Trinajstić information content (AvgIpc) is 3.26. The lowest BCUT2D eigenvalue weighted by Crippen LogP contribution is -2.45. The average molecular weight is 369 g/mol. The number of carbonyl (C=O) groups excluding carboxylic acids is 1. The first kappa shape index (κ1) is 17.1. The molecule has 2 amide bonds. The summed E-state index contributed by atoms with van der Waals surface area (Å²) >= 11 is 1.81. The summed E-state index contributed by atoms with van der Waals surface area (Å²) in [5.74, 6) is 0. The van der Waals surface area contributed by atoms with Crippen LogP contribution in [0.3, 0.4) is 0 Å². The number of nitrogens with zero attached hydrogens (tertiary/aromatic N) is 3. The Morgan fingerprint density at radius 3 is 3.04 bits per heavy atom. The fourth-order valence-corrected chi connectivity index (χ4v) is 4.87. The van der Waals surface area contributed by atoms with E-state index in [-0.39, 0.29) is 12.1 Å². The number of rotatable bonds is 4. The van der Waals surface area contributed by atoms with Crippen molar-refractivity contribution >= 4 is 28.3 Å². The minimum atomic E-state index is 0.0361. The van der Waals surface area contributed by atoms with Gasteiger partial charge in [-0.2, -0.15) is 5.10 Å². The minimum absolute atomic E-state index is 0.0361. The molecule has 1 unspecified atom stereocenters. The van der Waals surface area contributed by atoms with Gasteiger partial charge >= 0.3 is 6.03 Å². The summed E-state index contributed by atoms with van der Waals surface area (Å²) in [5, 5.41) is 11.0. The summed E-state index contributed by atoms with van der Waals surface area (Å²) < 4.78 is 1.91. The maximum absolute atomic E-state index is 12.8. The Morgan fingerprint density at radius 2 is 2.19 bits per heavy atom. The van der Waals surface area contributed by atoms with Gasteiger partial charge in [0.1, 0.15) is 0 Å². The van der Waals surface area contributed by atoms with Crippen molar-refractivity contribution in [3.63, 3.8) is 0 Å². The third-order valence-electron chi connectivity index (χ3n) is 5.21. The molecule has 1 aliphatic heterocycles. The molecule has 2 aromatic heterocycles. The normalized spacial score (nSPS) is 16.7. The molecule has 0 saturated carbocycles. The number of carbonyl (C=O) groups is 1. The van der Waals surface area contributed by atoms with Crippen molar-refractivity contribution in [3.05, 3.63) is 51.8 Å². The summed E-state index contributed by atoms with van der Waals surface area (Å²) in [7, 11) is 1.96. The van der Waals surface area contributed by atoms with Crippen LogP contribution in [0.25, 0.3) is 10.9 Å². The standard InChI is InChI=1S/C20H24N4OS/c1-3-17-15-10-13-26-19(15)9-12-24(17)20(25)21-11-8-16-14-6-4-5-7-18(14)23(2)22-16/h4-7,10,13,17H,3,8-9,11-12H2,1-2H3,(H,21,25). The largest absolute Gasteiger partial charge is 0.338 e. The van der Waals surface area contributed by atoms with Crippen molar-refractivity contribution < 1.29 is 4.79 Å². The Balaban J connectivity index is 1.41. The molecule has 136 valence electrons. The molecule has 0 aliphatic carbocycles. The molecule has 0 bridgehead atoms. The van der Waals surface area contributed by atoms with E-state index < -0.39 is 0 Å². The van der Waals surface area contributed by atoms with Crippen molar-refractivity contribution in [2.45, 2.75) is 32.2 Å². The number of para-hydroxylation sites is 1. The number of aryl methyl sites for hydroxylation is 1. The van der Waals surface area contributed by atoms with E-state index in [2.05, 4.69) is 40.9 Å². The Morgan fingerprint density at radius 1 is 1.35 bits per heavy atom. The lowest BCUT2D eigenvalue weighted by Gasteiger charge is -2.35. The van der Waals surface area contributed by atoms with Crippen molar-refractivity contribution in [1.29, 1.82) is 0 Å². The number of hydrogen-bond donors (Lipinski definition) is 1. The molecule has 0 saturated heterocycles. The number of fused-ring (bicyclic) bond motifs is 2. The molecular weight excluding hydrogens is 344 g/mol. The lowest BCUT2D eigenvalue weighted by atomic mass is 9.98. The molecule has 0 spiro atoms. The van der Waals surface area contributed by atoms with Gasteiger partial charge in [-0.05, 0) is 35.9 Å².